The third kappa shape index (κ3) is 3.44. The van der Waals surface area contributed by atoms with Crippen LogP contribution in [0.3, 0.4) is 0 Å². The number of fused-ring (bicyclic) bond motifs is 1. The molecule has 0 aliphatic carbocycles. The van der Waals surface area contributed by atoms with Gasteiger partial charge >= 0.3 is 0 Å². The smallest absolute Gasteiger partial charge is 0.0991 e. The number of aliphatic hydroxyl groups excluding tert-OH is 1. The van der Waals surface area contributed by atoms with Crippen LogP contribution in [0.2, 0.25) is 0 Å². The van der Waals surface area contributed by atoms with Crippen LogP contribution in [-0.2, 0) is 0 Å². The monoisotopic (exact) mass is 285 g/mol. The fourth-order valence-corrected chi connectivity index (χ4v) is 3.58. The van der Waals surface area contributed by atoms with Crippen molar-refractivity contribution in [2.45, 2.75) is 31.4 Å². The molecule has 0 bridgehead atoms. The summed E-state index contributed by atoms with van der Waals surface area (Å²) < 4.78 is 0. The SMILES string of the molecule is N#Cc1ccc(C(O)CN2CCCN3CCCC3C2)cc1. The zero-order chi connectivity index (χ0) is 14.7. The molecule has 1 N–H and O–H groups in total. The lowest BCUT2D eigenvalue weighted by Crippen LogP contribution is -2.38. The Balaban J connectivity index is 1.60. The average Bonchev–Trinajstić information content (AvgIpc) is 2.86. The van der Waals surface area contributed by atoms with Gasteiger partial charge in [-0.3, -0.25) is 9.80 Å². The van der Waals surface area contributed by atoms with Crippen LogP contribution in [0.1, 0.15) is 36.5 Å². The van der Waals surface area contributed by atoms with Crippen molar-refractivity contribution in [3.63, 3.8) is 0 Å². The second kappa shape index (κ2) is 6.57. The highest BCUT2D eigenvalue weighted by Crippen LogP contribution is 2.23. The Kier molecular flexibility index (Phi) is 4.54. The Morgan fingerprint density at radius 1 is 1.19 bits per heavy atom. The quantitative estimate of drug-likeness (QED) is 0.919. The molecule has 2 unspecified atom stereocenters. The van der Waals surface area contributed by atoms with Crippen LogP contribution in [0, 0.1) is 11.3 Å². The van der Waals surface area contributed by atoms with E-state index in [1.165, 1.54) is 32.4 Å². The second-order valence-electron chi connectivity index (χ2n) is 6.19. The minimum absolute atomic E-state index is 0.467. The number of rotatable bonds is 3. The molecular weight excluding hydrogens is 262 g/mol. The van der Waals surface area contributed by atoms with Gasteiger partial charge in [-0.15, -0.1) is 0 Å². The van der Waals surface area contributed by atoms with Gasteiger partial charge in [0.05, 0.1) is 17.7 Å². The fourth-order valence-electron chi connectivity index (χ4n) is 3.58. The zero-order valence-corrected chi connectivity index (χ0v) is 12.4. The van der Waals surface area contributed by atoms with E-state index in [1.54, 1.807) is 12.1 Å². The number of nitrogens with zero attached hydrogens (tertiary/aromatic N) is 3. The van der Waals surface area contributed by atoms with Gasteiger partial charge in [0.2, 0.25) is 0 Å². The molecule has 1 aromatic carbocycles. The van der Waals surface area contributed by atoms with E-state index in [2.05, 4.69) is 15.9 Å². The fraction of sp³-hybridized carbons (Fsp3) is 0.588. The van der Waals surface area contributed by atoms with Crippen molar-refractivity contribution in [1.82, 2.24) is 9.80 Å². The molecule has 0 aromatic heterocycles. The zero-order valence-electron chi connectivity index (χ0n) is 12.4. The first-order valence-electron chi connectivity index (χ1n) is 7.91. The van der Waals surface area contributed by atoms with Crippen molar-refractivity contribution in [2.75, 3.05) is 32.7 Å². The van der Waals surface area contributed by atoms with Crippen molar-refractivity contribution >= 4 is 0 Å². The summed E-state index contributed by atoms with van der Waals surface area (Å²) in [5.41, 5.74) is 1.55. The van der Waals surface area contributed by atoms with Crippen LogP contribution in [0.5, 0.6) is 0 Å². The predicted octanol–water partition coefficient (Wildman–Crippen LogP) is 1.76. The molecule has 0 amide bonds. The normalized spacial score (nSPS) is 25.0. The van der Waals surface area contributed by atoms with Crippen LogP contribution >= 0.6 is 0 Å². The summed E-state index contributed by atoms with van der Waals surface area (Å²) in [4.78, 5) is 5.01. The van der Waals surface area contributed by atoms with Gasteiger partial charge in [0.25, 0.3) is 0 Å². The molecule has 21 heavy (non-hydrogen) atoms. The highest BCUT2D eigenvalue weighted by Gasteiger charge is 2.29. The average molecular weight is 285 g/mol. The van der Waals surface area contributed by atoms with E-state index in [0.717, 1.165) is 18.7 Å². The molecule has 4 nitrogen and oxygen atoms in total. The molecule has 2 aliphatic heterocycles. The molecule has 0 saturated carbocycles. The Morgan fingerprint density at radius 2 is 1.95 bits per heavy atom. The molecule has 2 atom stereocenters. The topological polar surface area (TPSA) is 50.5 Å². The number of β-amino-alcohol motifs (C(OH)–C–C–N with tert-alkyl or cyclic N) is 1. The molecule has 2 saturated heterocycles. The van der Waals surface area contributed by atoms with Crippen molar-refractivity contribution in [3.05, 3.63) is 35.4 Å². The molecule has 3 rings (SSSR count). The first kappa shape index (κ1) is 14.5. The first-order valence-corrected chi connectivity index (χ1v) is 7.91. The summed E-state index contributed by atoms with van der Waals surface area (Å²) in [7, 11) is 0. The number of aliphatic hydroxyl groups is 1. The molecule has 0 spiro atoms. The van der Waals surface area contributed by atoms with Gasteiger partial charge in [-0.2, -0.15) is 5.26 Å². The predicted molar refractivity (Wildman–Crippen MR) is 81.8 cm³/mol. The number of hydrogen-bond acceptors (Lipinski definition) is 4. The first-order chi connectivity index (χ1) is 10.3. The van der Waals surface area contributed by atoms with Crippen LogP contribution in [0.4, 0.5) is 0 Å². The van der Waals surface area contributed by atoms with E-state index in [1.807, 2.05) is 12.1 Å². The maximum Gasteiger partial charge on any atom is 0.0991 e. The summed E-state index contributed by atoms with van der Waals surface area (Å²) in [5, 5.41) is 19.3. The Hall–Kier alpha value is -1.41. The summed E-state index contributed by atoms with van der Waals surface area (Å²) >= 11 is 0. The number of hydrogen-bond donors (Lipinski definition) is 1. The van der Waals surface area contributed by atoms with Gasteiger partial charge in [-0.1, -0.05) is 12.1 Å². The summed E-state index contributed by atoms with van der Waals surface area (Å²) in [5.74, 6) is 0. The largest absolute Gasteiger partial charge is 0.387 e. The number of nitriles is 1. The Morgan fingerprint density at radius 3 is 2.71 bits per heavy atom. The van der Waals surface area contributed by atoms with Crippen molar-refractivity contribution in [3.8, 4) is 6.07 Å². The summed E-state index contributed by atoms with van der Waals surface area (Å²) in [6, 6.07) is 10.1. The van der Waals surface area contributed by atoms with E-state index in [0.29, 0.717) is 18.2 Å². The van der Waals surface area contributed by atoms with Gasteiger partial charge in [0.15, 0.2) is 0 Å². The maximum absolute atomic E-state index is 10.4. The van der Waals surface area contributed by atoms with Gasteiger partial charge < -0.3 is 5.11 Å². The summed E-state index contributed by atoms with van der Waals surface area (Å²) in [6.07, 6.45) is 3.34. The highest BCUT2D eigenvalue weighted by molar-refractivity contribution is 5.32. The molecule has 0 radical (unpaired) electrons. The van der Waals surface area contributed by atoms with Crippen molar-refractivity contribution < 1.29 is 5.11 Å². The maximum atomic E-state index is 10.4. The van der Waals surface area contributed by atoms with E-state index in [9.17, 15) is 5.11 Å². The third-order valence-electron chi connectivity index (χ3n) is 4.74. The number of benzene rings is 1. The molecule has 2 aliphatic rings. The minimum Gasteiger partial charge on any atom is -0.387 e. The van der Waals surface area contributed by atoms with Gasteiger partial charge in [0, 0.05) is 19.1 Å². The van der Waals surface area contributed by atoms with E-state index >= 15 is 0 Å². The van der Waals surface area contributed by atoms with E-state index in [4.69, 9.17) is 5.26 Å². The lowest BCUT2D eigenvalue weighted by atomic mass is 10.1. The molecule has 2 heterocycles. The van der Waals surface area contributed by atoms with Gasteiger partial charge in [-0.25, -0.2) is 0 Å². The van der Waals surface area contributed by atoms with Gasteiger partial charge in [0.1, 0.15) is 0 Å². The Bertz CT molecular complexity index is 508. The van der Waals surface area contributed by atoms with Crippen molar-refractivity contribution in [2.24, 2.45) is 0 Å². The standard InChI is InChI=1S/C17H23N3O/c18-11-14-4-6-15(7-5-14)17(21)13-19-8-2-10-20-9-1-3-16(20)12-19/h4-7,16-17,21H,1-3,8-10,12-13H2. The minimum atomic E-state index is -0.467. The van der Waals surface area contributed by atoms with Crippen LogP contribution in [0.25, 0.3) is 0 Å². The molecule has 2 fully saturated rings. The highest BCUT2D eigenvalue weighted by atomic mass is 16.3. The lowest BCUT2D eigenvalue weighted by Gasteiger charge is -2.27. The van der Waals surface area contributed by atoms with Crippen LogP contribution in [-0.4, -0.2) is 53.7 Å². The molecule has 1 aromatic rings. The lowest BCUT2D eigenvalue weighted by molar-refractivity contribution is 0.108. The summed E-state index contributed by atoms with van der Waals surface area (Å²) in [6.45, 7) is 5.29. The molecule has 4 heteroatoms. The Labute approximate surface area is 126 Å². The molecular formula is C17H23N3O. The van der Waals surface area contributed by atoms with Gasteiger partial charge in [-0.05, 0) is 56.6 Å². The van der Waals surface area contributed by atoms with Crippen LogP contribution in [0.15, 0.2) is 24.3 Å². The third-order valence-corrected chi connectivity index (χ3v) is 4.74. The van der Waals surface area contributed by atoms with Crippen molar-refractivity contribution in [1.29, 1.82) is 5.26 Å². The van der Waals surface area contributed by atoms with E-state index in [-0.39, 0.29) is 0 Å². The second-order valence-corrected chi connectivity index (χ2v) is 6.19. The van der Waals surface area contributed by atoms with Crippen LogP contribution < -0.4 is 0 Å². The molecule has 112 valence electrons. The van der Waals surface area contributed by atoms with E-state index < -0.39 is 6.10 Å².